The molecular formula is C24H36F18O8S2. The predicted molar refractivity (Wildman–Crippen MR) is 144 cm³/mol. The van der Waals surface area contributed by atoms with Gasteiger partial charge in [0, 0.05) is 26.1 Å². The fourth-order valence-corrected chi connectivity index (χ4v) is 4.46. The SMILES string of the molecule is O=S(=O)(O)CCCCCCC(F)(F)C(F)(F)C(F)(F)C(F)(F)F.O=S(=O)(O)CCCCCCC(F)(F)C(F)(F)C(F)(F)C(F)(F)F.OCCCCO. The van der Waals surface area contributed by atoms with Crippen LogP contribution in [0.3, 0.4) is 0 Å². The third-order valence-corrected chi connectivity index (χ3v) is 7.88. The molecule has 0 saturated heterocycles. The lowest BCUT2D eigenvalue weighted by atomic mass is 9.98. The molecule has 0 aromatic heterocycles. The lowest BCUT2D eigenvalue weighted by Crippen LogP contribution is -2.60. The summed E-state index contributed by atoms with van der Waals surface area (Å²) >= 11 is 0. The largest absolute Gasteiger partial charge is 0.460 e. The molecule has 318 valence electrons. The first-order chi connectivity index (χ1) is 22.8. The third kappa shape index (κ3) is 18.2. The Bertz CT molecular complexity index is 1130. The Labute approximate surface area is 285 Å². The van der Waals surface area contributed by atoms with Crippen molar-refractivity contribution in [2.45, 2.75) is 125 Å². The molecule has 0 bridgehead atoms. The van der Waals surface area contributed by atoms with Gasteiger partial charge in [-0.15, -0.1) is 0 Å². The van der Waals surface area contributed by atoms with E-state index in [1.165, 1.54) is 0 Å². The number of hydrogen-bond donors (Lipinski definition) is 4. The van der Waals surface area contributed by atoms with Crippen LogP contribution < -0.4 is 0 Å². The van der Waals surface area contributed by atoms with Crippen molar-refractivity contribution in [3.05, 3.63) is 0 Å². The molecule has 0 heterocycles. The average molecular weight is 859 g/mol. The zero-order chi connectivity index (χ0) is 42.3. The predicted octanol–water partition coefficient (Wildman–Crippen LogP) is 8.34. The van der Waals surface area contributed by atoms with Gasteiger partial charge in [0.15, 0.2) is 0 Å². The fraction of sp³-hybridized carbons (Fsp3) is 1.00. The van der Waals surface area contributed by atoms with Crippen LogP contribution in [0.5, 0.6) is 0 Å². The number of hydrogen-bond acceptors (Lipinski definition) is 6. The summed E-state index contributed by atoms with van der Waals surface area (Å²) in [6, 6.07) is 0. The molecule has 0 aliphatic rings. The molecule has 8 nitrogen and oxygen atoms in total. The summed E-state index contributed by atoms with van der Waals surface area (Å²) in [6.07, 6.45) is -19.1. The molecule has 0 saturated carbocycles. The topological polar surface area (TPSA) is 149 Å². The molecule has 52 heavy (non-hydrogen) atoms. The maximum atomic E-state index is 13.1. The first kappa shape index (κ1) is 54.8. The van der Waals surface area contributed by atoms with Gasteiger partial charge in [0.05, 0.1) is 11.5 Å². The zero-order valence-corrected chi connectivity index (χ0v) is 28.0. The van der Waals surface area contributed by atoms with E-state index < -0.39 is 105 Å². The number of halogens is 18. The molecule has 0 fully saturated rings. The maximum absolute atomic E-state index is 13.1. The Hall–Kier alpha value is -1.52. The van der Waals surface area contributed by atoms with E-state index in [1.54, 1.807) is 0 Å². The Morgan fingerprint density at radius 1 is 0.346 bits per heavy atom. The first-order valence-electron chi connectivity index (χ1n) is 14.4. The molecular weight excluding hydrogens is 822 g/mol. The summed E-state index contributed by atoms with van der Waals surface area (Å²) in [5.74, 6) is -39.7. The van der Waals surface area contributed by atoms with E-state index in [9.17, 15) is 95.9 Å². The minimum absolute atomic E-state index is 0.128. The van der Waals surface area contributed by atoms with E-state index in [0.717, 1.165) is 12.8 Å². The van der Waals surface area contributed by atoms with Crippen molar-refractivity contribution in [3.8, 4) is 0 Å². The summed E-state index contributed by atoms with van der Waals surface area (Å²) < 4.78 is 283. The standard InChI is InChI=1S/2C10H13F9O3S.C4H10O2/c2*11-7(12,5-3-1-2-4-6-23(20,21)22)8(13,14)9(15,16)10(17,18)19;5-3-1-2-4-6/h2*1-6H2,(H,20,21,22);5-6H,1-4H2. The smallest absolute Gasteiger partial charge is 0.396 e. The normalized spacial score (nSPS) is 14.3. The van der Waals surface area contributed by atoms with Gasteiger partial charge in [0.2, 0.25) is 0 Å². The van der Waals surface area contributed by atoms with Crippen LogP contribution in [-0.4, -0.2) is 109 Å². The second-order valence-corrected chi connectivity index (χ2v) is 13.9. The quantitative estimate of drug-likeness (QED) is 0.0512. The zero-order valence-electron chi connectivity index (χ0n) is 26.4. The molecule has 0 atom stereocenters. The van der Waals surface area contributed by atoms with Crippen LogP contribution in [-0.2, 0) is 20.2 Å². The van der Waals surface area contributed by atoms with E-state index in [4.69, 9.17) is 19.3 Å². The summed E-state index contributed by atoms with van der Waals surface area (Å²) in [5.41, 5.74) is 0. The van der Waals surface area contributed by atoms with Crippen LogP contribution in [0.25, 0.3) is 0 Å². The van der Waals surface area contributed by atoms with Crippen molar-refractivity contribution in [3.63, 3.8) is 0 Å². The number of unbranched alkanes of at least 4 members (excludes halogenated alkanes) is 7. The molecule has 4 N–H and O–H groups in total. The Kier molecular flexibility index (Phi) is 22.1. The summed E-state index contributed by atoms with van der Waals surface area (Å²) in [7, 11) is -8.58. The molecule has 0 amide bonds. The van der Waals surface area contributed by atoms with Gasteiger partial charge >= 0.3 is 47.9 Å². The van der Waals surface area contributed by atoms with Crippen molar-refractivity contribution in [2.75, 3.05) is 24.7 Å². The summed E-state index contributed by atoms with van der Waals surface area (Å²) in [5, 5.41) is 16.2. The van der Waals surface area contributed by atoms with E-state index in [0.29, 0.717) is 0 Å². The highest BCUT2D eigenvalue weighted by atomic mass is 32.2. The molecule has 0 radical (unpaired) electrons. The van der Waals surface area contributed by atoms with Gasteiger partial charge in [-0.25, -0.2) is 0 Å². The van der Waals surface area contributed by atoms with E-state index in [-0.39, 0.29) is 51.7 Å². The molecule has 28 heteroatoms. The van der Waals surface area contributed by atoms with Gasteiger partial charge in [0.25, 0.3) is 20.2 Å². The van der Waals surface area contributed by atoms with E-state index >= 15 is 0 Å². The first-order valence-corrected chi connectivity index (χ1v) is 17.6. The summed E-state index contributed by atoms with van der Waals surface area (Å²) in [6.45, 7) is 0.390. The molecule has 0 aliphatic heterocycles. The van der Waals surface area contributed by atoms with Crippen molar-refractivity contribution < 1.29 is 115 Å². The highest BCUT2D eigenvalue weighted by Gasteiger charge is 2.82. The van der Waals surface area contributed by atoms with E-state index in [2.05, 4.69) is 0 Å². The molecule has 0 aromatic rings. The minimum atomic E-state index is -6.89. The molecule has 0 aromatic carbocycles. The highest BCUT2D eigenvalue weighted by molar-refractivity contribution is 7.86. The van der Waals surface area contributed by atoms with Gasteiger partial charge in [-0.05, 0) is 38.5 Å². The van der Waals surface area contributed by atoms with Gasteiger partial charge in [-0.3, -0.25) is 9.11 Å². The molecule has 0 spiro atoms. The van der Waals surface area contributed by atoms with Gasteiger partial charge < -0.3 is 10.2 Å². The van der Waals surface area contributed by atoms with Crippen LogP contribution in [0.4, 0.5) is 79.0 Å². The monoisotopic (exact) mass is 858 g/mol. The lowest BCUT2D eigenvalue weighted by molar-refractivity contribution is -0.396. The number of rotatable bonds is 21. The maximum Gasteiger partial charge on any atom is 0.460 e. The van der Waals surface area contributed by atoms with Gasteiger partial charge in [-0.2, -0.15) is 95.9 Å². The second-order valence-electron chi connectivity index (χ2n) is 10.8. The van der Waals surface area contributed by atoms with Crippen LogP contribution in [0, 0.1) is 0 Å². The van der Waals surface area contributed by atoms with Gasteiger partial charge in [0.1, 0.15) is 0 Å². The number of aliphatic hydroxyl groups excluding tert-OH is 2. The fourth-order valence-electron chi connectivity index (χ4n) is 3.32. The lowest BCUT2D eigenvalue weighted by Gasteiger charge is -2.33. The van der Waals surface area contributed by atoms with E-state index in [1.807, 2.05) is 0 Å². The van der Waals surface area contributed by atoms with Crippen molar-refractivity contribution in [1.29, 1.82) is 0 Å². The number of alkyl halides is 18. The average Bonchev–Trinajstić information content (AvgIpc) is 2.93. The highest BCUT2D eigenvalue weighted by Crippen LogP contribution is 2.55. The van der Waals surface area contributed by atoms with Crippen LogP contribution >= 0.6 is 0 Å². The Morgan fingerprint density at radius 2 is 0.577 bits per heavy atom. The third-order valence-electron chi connectivity index (χ3n) is 6.27. The van der Waals surface area contributed by atoms with Crippen LogP contribution in [0.2, 0.25) is 0 Å². The van der Waals surface area contributed by atoms with Crippen LogP contribution in [0.1, 0.15) is 77.0 Å². The van der Waals surface area contributed by atoms with Crippen molar-refractivity contribution >= 4 is 20.2 Å². The Balaban J connectivity index is -0.000000797. The van der Waals surface area contributed by atoms with Crippen molar-refractivity contribution in [1.82, 2.24) is 0 Å². The molecule has 0 rings (SSSR count). The second kappa shape index (κ2) is 21.0. The number of aliphatic hydroxyl groups is 2. The molecule has 0 unspecified atom stereocenters. The van der Waals surface area contributed by atoms with Crippen molar-refractivity contribution in [2.24, 2.45) is 0 Å². The minimum Gasteiger partial charge on any atom is -0.396 e. The Morgan fingerprint density at radius 3 is 0.769 bits per heavy atom. The van der Waals surface area contributed by atoms with Crippen LogP contribution in [0.15, 0.2) is 0 Å². The van der Waals surface area contributed by atoms with Gasteiger partial charge in [-0.1, -0.05) is 25.7 Å². The summed E-state index contributed by atoms with van der Waals surface area (Å²) in [4.78, 5) is 0. The molecule has 0 aliphatic carbocycles.